The van der Waals surface area contributed by atoms with Crippen molar-refractivity contribution in [2.24, 2.45) is 5.41 Å². The Bertz CT molecular complexity index is 468. The molecule has 4 nitrogen and oxygen atoms in total. The largest absolute Gasteiger partial charge is 0.384 e. The van der Waals surface area contributed by atoms with Crippen molar-refractivity contribution < 1.29 is 9.53 Å². The Balaban J connectivity index is 2.05. The predicted octanol–water partition coefficient (Wildman–Crippen LogP) is 2.05. The highest BCUT2D eigenvalue weighted by Gasteiger charge is 2.32. The number of aryl methyl sites for hydroxylation is 2. The Morgan fingerprint density at radius 2 is 1.90 bits per heavy atom. The molecule has 1 aliphatic heterocycles. The molecular formula is C17H26N2O2. The first-order valence-electron chi connectivity index (χ1n) is 7.62. The first-order chi connectivity index (χ1) is 10.1. The molecule has 0 saturated carbocycles. The lowest BCUT2D eigenvalue weighted by molar-refractivity contribution is 0.0511. The van der Waals surface area contributed by atoms with Gasteiger partial charge in [-0.1, -0.05) is 18.2 Å². The Labute approximate surface area is 127 Å². The average molecular weight is 290 g/mol. The van der Waals surface area contributed by atoms with E-state index < -0.39 is 0 Å². The van der Waals surface area contributed by atoms with Crippen LogP contribution in [0.1, 0.15) is 34.3 Å². The van der Waals surface area contributed by atoms with Crippen LogP contribution in [0.2, 0.25) is 0 Å². The molecule has 0 unspecified atom stereocenters. The summed E-state index contributed by atoms with van der Waals surface area (Å²) in [6.45, 7) is 7.32. The van der Waals surface area contributed by atoms with E-state index in [0.717, 1.165) is 42.6 Å². The van der Waals surface area contributed by atoms with Crippen molar-refractivity contribution in [3.05, 3.63) is 34.9 Å². The number of rotatable bonds is 5. The first kappa shape index (κ1) is 16.0. The smallest absolute Gasteiger partial charge is 0.251 e. The highest BCUT2D eigenvalue weighted by molar-refractivity contribution is 5.97. The Morgan fingerprint density at radius 3 is 2.48 bits per heavy atom. The quantitative estimate of drug-likeness (QED) is 0.872. The van der Waals surface area contributed by atoms with Crippen LogP contribution in [-0.2, 0) is 4.74 Å². The number of amides is 1. The molecule has 1 heterocycles. The van der Waals surface area contributed by atoms with Crippen LogP contribution in [-0.4, -0.2) is 39.3 Å². The number of carbonyl (C=O) groups excluding carboxylic acids is 1. The van der Waals surface area contributed by atoms with E-state index in [1.165, 1.54) is 0 Å². The van der Waals surface area contributed by atoms with E-state index in [1.807, 2.05) is 32.0 Å². The van der Waals surface area contributed by atoms with Gasteiger partial charge in [-0.15, -0.1) is 0 Å². The zero-order valence-corrected chi connectivity index (χ0v) is 13.3. The van der Waals surface area contributed by atoms with Gasteiger partial charge in [0.25, 0.3) is 5.91 Å². The lowest BCUT2D eigenvalue weighted by Gasteiger charge is -2.37. The fraction of sp³-hybridized carbons (Fsp3) is 0.588. The molecule has 1 aliphatic rings. The van der Waals surface area contributed by atoms with Gasteiger partial charge in [0.15, 0.2) is 0 Å². The van der Waals surface area contributed by atoms with Gasteiger partial charge in [-0.05, 0) is 50.9 Å². The summed E-state index contributed by atoms with van der Waals surface area (Å²) in [6, 6.07) is 5.95. The second-order valence-corrected chi connectivity index (χ2v) is 6.13. The summed E-state index contributed by atoms with van der Waals surface area (Å²) in [6.07, 6.45) is 2.07. The molecule has 1 aromatic carbocycles. The second kappa shape index (κ2) is 7.05. The molecule has 0 atom stereocenters. The van der Waals surface area contributed by atoms with Crippen molar-refractivity contribution in [3.63, 3.8) is 0 Å². The van der Waals surface area contributed by atoms with Crippen LogP contribution in [0.3, 0.4) is 0 Å². The van der Waals surface area contributed by atoms with E-state index in [9.17, 15) is 4.79 Å². The van der Waals surface area contributed by atoms with Gasteiger partial charge in [0.2, 0.25) is 0 Å². The molecule has 0 aliphatic carbocycles. The molecule has 1 amide bonds. The van der Waals surface area contributed by atoms with Gasteiger partial charge < -0.3 is 15.4 Å². The Hall–Kier alpha value is -1.39. The van der Waals surface area contributed by atoms with E-state index in [0.29, 0.717) is 13.2 Å². The van der Waals surface area contributed by atoms with Crippen LogP contribution in [0.25, 0.3) is 0 Å². The van der Waals surface area contributed by atoms with Gasteiger partial charge in [-0.3, -0.25) is 4.79 Å². The molecule has 4 heteroatoms. The minimum Gasteiger partial charge on any atom is -0.384 e. The minimum absolute atomic E-state index is 0.0274. The average Bonchev–Trinajstić information content (AvgIpc) is 2.46. The number of hydrogen-bond donors (Lipinski definition) is 2. The summed E-state index contributed by atoms with van der Waals surface area (Å²) in [4.78, 5) is 12.5. The van der Waals surface area contributed by atoms with E-state index in [1.54, 1.807) is 7.11 Å². The van der Waals surface area contributed by atoms with Gasteiger partial charge in [0, 0.05) is 24.6 Å². The standard InChI is InChI=1S/C17H26N2O2/c1-13-5-4-6-14(2)15(13)16(20)19-11-17(12-21-3)7-9-18-10-8-17/h4-6,18H,7-12H2,1-3H3,(H,19,20). The van der Waals surface area contributed by atoms with Crippen molar-refractivity contribution in [1.29, 1.82) is 0 Å². The fourth-order valence-electron chi connectivity index (χ4n) is 3.16. The summed E-state index contributed by atoms with van der Waals surface area (Å²) in [5, 5.41) is 6.50. The van der Waals surface area contributed by atoms with Gasteiger partial charge in [-0.2, -0.15) is 0 Å². The van der Waals surface area contributed by atoms with Crippen LogP contribution in [0, 0.1) is 19.3 Å². The van der Waals surface area contributed by atoms with Crippen molar-refractivity contribution in [2.45, 2.75) is 26.7 Å². The van der Waals surface area contributed by atoms with Crippen molar-refractivity contribution >= 4 is 5.91 Å². The number of hydrogen-bond acceptors (Lipinski definition) is 3. The number of nitrogens with one attached hydrogen (secondary N) is 2. The van der Waals surface area contributed by atoms with Gasteiger partial charge in [0.1, 0.15) is 0 Å². The highest BCUT2D eigenvalue weighted by Crippen LogP contribution is 2.28. The van der Waals surface area contributed by atoms with Crippen molar-refractivity contribution in [2.75, 3.05) is 33.4 Å². The van der Waals surface area contributed by atoms with Crippen LogP contribution in [0.4, 0.5) is 0 Å². The molecule has 2 N–H and O–H groups in total. The molecule has 21 heavy (non-hydrogen) atoms. The molecule has 2 rings (SSSR count). The van der Waals surface area contributed by atoms with Gasteiger partial charge in [-0.25, -0.2) is 0 Å². The van der Waals surface area contributed by atoms with Gasteiger partial charge in [0.05, 0.1) is 6.61 Å². The maximum atomic E-state index is 12.5. The van der Waals surface area contributed by atoms with Gasteiger partial charge >= 0.3 is 0 Å². The normalized spacial score (nSPS) is 17.5. The second-order valence-electron chi connectivity index (χ2n) is 6.13. The third-order valence-corrected chi connectivity index (χ3v) is 4.45. The lowest BCUT2D eigenvalue weighted by Crippen LogP contribution is -2.47. The minimum atomic E-state index is 0.0274. The lowest BCUT2D eigenvalue weighted by atomic mass is 9.79. The highest BCUT2D eigenvalue weighted by atomic mass is 16.5. The number of benzene rings is 1. The number of methoxy groups -OCH3 is 1. The van der Waals surface area contributed by atoms with Crippen LogP contribution in [0.5, 0.6) is 0 Å². The van der Waals surface area contributed by atoms with Crippen molar-refractivity contribution in [3.8, 4) is 0 Å². The van der Waals surface area contributed by atoms with Crippen LogP contribution < -0.4 is 10.6 Å². The summed E-state index contributed by atoms with van der Waals surface area (Å²) < 4.78 is 5.39. The summed E-state index contributed by atoms with van der Waals surface area (Å²) >= 11 is 0. The third kappa shape index (κ3) is 3.83. The molecule has 0 spiro atoms. The van der Waals surface area contributed by atoms with Crippen LogP contribution >= 0.6 is 0 Å². The van der Waals surface area contributed by atoms with E-state index in [-0.39, 0.29) is 11.3 Å². The monoisotopic (exact) mass is 290 g/mol. The van der Waals surface area contributed by atoms with Crippen LogP contribution in [0.15, 0.2) is 18.2 Å². The first-order valence-corrected chi connectivity index (χ1v) is 7.62. The topological polar surface area (TPSA) is 50.4 Å². The Kier molecular flexibility index (Phi) is 5.37. The zero-order valence-electron chi connectivity index (χ0n) is 13.3. The maximum absolute atomic E-state index is 12.5. The number of ether oxygens (including phenoxy) is 1. The maximum Gasteiger partial charge on any atom is 0.251 e. The number of carbonyl (C=O) groups is 1. The Morgan fingerprint density at radius 1 is 1.29 bits per heavy atom. The summed E-state index contributed by atoms with van der Waals surface area (Å²) in [5.41, 5.74) is 2.92. The molecule has 1 fully saturated rings. The molecule has 0 bridgehead atoms. The summed E-state index contributed by atoms with van der Waals surface area (Å²) in [5.74, 6) is 0.0274. The number of piperidine rings is 1. The molecule has 1 aromatic rings. The molecule has 116 valence electrons. The fourth-order valence-corrected chi connectivity index (χ4v) is 3.16. The predicted molar refractivity (Wildman–Crippen MR) is 84.7 cm³/mol. The van der Waals surface area contributed by atoms with Crippen molar-refractivity contribution in [1.82, 2.24) is 10.6 Å². The van der Waals surface area contributed by atoms with E-state index in [2.05, 4.69) is 10.6 Å². The molecular weight excluding hydrogens is 264 g/mol. The molecule has 0 aromatic heterocycles. The molecule has 0 radical (unpaired) electrons. The third-order valence-electron chi connectivity index (χ3n) is 4.45. The summed E-state index contributed by atoms with van der Waals surface area (Å²) in [7, 11) is 1.73. The molecule has 1 saturated heterocycles. The zero-order chi connectivity index (χ0) is 15.3. The van der Waals surface area contributed by atoms with E-state index >= 15 is 0 Å². The van der Waals surface area contributed by atoms with E-state index in [4.69, 9.17) is 4.74 Å². The SMILES string of the molecule is COCC1(CNC(=O)c2c(C)cccc2C)CCNCC1.